The van der Waals surface area contributed by atoms with Crippen LogP contribution in [0.2, 0.25) is 0 Å². The van der Waals surface area contributed by atoms with Crippen molar-refractivity contribution in [2.75, 3.05) is 19.7 Å². The molecule has 0 saturated carbocycles. The Morgan fingerprint density at radius 2 is 2.50 bits per heavy atom. The zero-order chi connectivity index (χ0) is 10.6. The second-order valence-corrected chi connectivity index (χ2v) is 3.89. The van der Waals surface area contributed by atoms with Gasteiger partial charge in [-0.25, -0.2) is 4.79 Å². The highest BCUT2D eigenvalue weighted by atomic mass is 16.6. The smallest absolute Gasteiger partial charge is 0.410 e. The lowest BCUT2D eigenvalue weighted by Gasteiger charge is -2.35. The lowest BCUT2D eigenvalue weighted by molar-refractivity contribution is -0.0145. The fourth-order valence-electron chi connectivity index (χ4n) is 1.60. The summed E-state index contributed by atoms with van der Waals surface area (Å²) in [6, 6.07) is 0. The van der Waals surface area contributed by atoms with Crippen molar-refractivity contribution in [3.63, 3.8) is 0 Å². The van der Waals surface area contributed by atoms with E-state index >= 15 is 0 Å². The van der Waals surface area contributed by atoms with Gasteiger partial charge >= 0.3 is 6.09 Å². The highest BCUT2D eigenvalue weighted by molar-refractivity contribution is 5.68. The standard InChI is InChI=1S/C10H17NO3/c1-3-7-14-9(12)11-6-4-5-10(2,13)8-11/h3,13H,1,4-8H2,2H3. The minimum Gasteiger partial charge on any atom is -0.445 e. The van der Waals surface area contributed by atoms with Crippen LogP contribution in [0.5, 0.6) is 0 Å². The number of amides is 1. The Hall–Kier alpha value is -1.03. The van der Waals surface area contributed by atoms with Gasteiger partial charge in [0.15, 0.2) is 0 Å². The van der Waals surface area contributed by atoms with E-state index in [0.29, 0.717) is 13.1 Å². The number of ether oxygens (including phenoxy) is 1. The Balaban J connectivity index is 2.43. The molecule has 1 unspecified atom stereocenters. The van der Waals surface area contributed by atoms with Gasteiger partial charge in [-0.2, -0.15) is 0 Å². The number of likely N-dealkylation sites (tertiary alicyclic amines) is 1. The summed E-state index contributed by atoms with van der Waals surface area (Å²) in [5.74, 6) is 0. The molecule has 1 rings (SSSR count). The largest absolute Gasteiger partial charge is 0.445 e. The van der Waals surface area contributed by atoms with Crippen LogP contribution in [0, 0.1) is 0 Å². The van der Waals surface area contributed by atoms with Crippen LogP contribution in [-0.2, 0) is 4.74 Å². The fourth-order valence-corrected chi connectivity index (χ4v) is 1.60. The molecule has 0 radical (unpaired) electrons. The Bertz CT molecular complexity index is 225. The molecule has 1 amide bonds. The van der Waals surface area contributed by atoms with Gasteiger partial charge in [-0.05, 0) is 19.8 Å². The molecule has 0 aromatic carbocycles. The lowest BCUT2D eigenvalue weighted by atomic mass is 9.96. The summed E-state index contributed by atoms with van der Waals surface area (Å²) >= 11 is 0. The van der Waals surface area contributed by atoms with Crippen molar-refractivity contribution in [2.45, 2.75) is 25.4 Å². The van der Waals surface area contributed by atoms with E-state index in [-0.39, 0.29) is 12.7 Å². The molecule has 1 fully saturated rings. The minimum atomic E-state index is -0.772. The highest BCUT2D eigenvalue weighted by Crippen LogP contribution is 2.20. The third kappa shape index (κ3) is 3.03. The van der Waals surface area contributed by atoms with Crippen LogP contribution in [0.25, 0.3) is 0 Å². The van der Waals surface area contributed by atoms with Gasteiger partial charge in [0.1, 0.15) is 6.61 Å². The molecule has 0 spiro atoms. The molecular formula is C10H17NO3. The van der Waals surface area contributed by atoms with E-state index in [1.807, 2.05) is 0 Å². The van der Waals surface area contributed by atoms with Gasteiger partial charge in [-0.15, -0.1) is 0 Å². The van der Waals surface area contributed by atoms with Crippen molar-refractivity contribution in [3.05, 3.63) is 12.7 Å². The van der Waals surface area contributed by atoms with Gasteiger partial charge in [-0.1, -0.05) is 12.7 Å². The van der Waals surface area contributed by atoms with Crippen molar-refractivity contribution in [1.29, 1.82) is 0 Å². The maximum absolute atomic E-state index is 11.4. The Labute approximate surface area is 84.2 Å². The van der Waals surface area contributed by atoms with Gasteiger partial charge in [0.05, 0.1) is 12.1 Å². The van der Waals surface area contributed by atoms with E-state index in [1.54, 1.807) is 6.92 Å². The fraction of sp³-hybridized carbons (Fsp3) is 0.700. The first-order valence-corrected chi connectivity index (χ1v) is 4.80. The summed E-state index contributed by atoms with van der Waals surface area (Å²) in [5, 5.41) is 9.75. The average molecular weight is 199 g/mol. The molecule has 0 aliphatic carbocycles. The molecule has 1 saturated heterocycles. The molecule has 80 valence electrons. The molecule has 4 nitrogen and oxygen atoms in total. The third-order valence-electron chi connectivity index (χ3n) is 2.26. The number of carbonyl (C=O) groups excluding carboxylic acids is 1. The number of carbonyl (C=O) groups is 1. The van der Waals surface area contributed by atoms with Gasteiger partial charge in [0.2, 0.25) is 0 Å². The molecule has 1 heterocycles. The Morgan fingerprint density at radius 1 is 1.79 bits per heavy atom. The first-order chi connectivity index (χ1) is 6.55. The average Bonchev–Trinajstić information content (AvgIpc) is 2.12. The number of hydrogen-bond acceptors (Lipinski definition) is 3. The Morgan fingerprint density at radius 3 is 3.07 bits per heavy atom. The molecule has 4 heteroatoms. The van der Waals surface area contributed by atoms with Crippen LogP contribution < -0.4 is 0 Å². The van der Waals surface area contributed by atoms with Crippen LogP contribution in [0.15, 0.2) is 12.7 Å². The topological polar surface area (TPSA) is 49.8 Å². The third-order valence-corrected chi connectivity index (χ3v) is 2.26. The first kappa shape index (κ1) is 11.0. The monoisotopic (exact) mass is 199 g/mol. The molecule has 0 aromatic rings. The zero-order valence-corrected chi connectivity index (χ0v) is 8.53. The lowest BCUT2D eigenvalue weighted by Crippen LogP contribution is -2.48. The van der Waals surface area contributed by atoms with Crippen molar-refractivity contribution in [3.8, 4) is 0 Å². The van der Waals surface area contributed by atoms with E-state index < -0.39 is 5.60 Å². The second-order valence-electron chi connectivity index (χ2n) is 3.89. The molecule has 0 aromatic heterocycles. The summed E-state index contributed by atoms with van der Waals surface area (Å²) in [6.45, 7) is 6.43. The van der Waals surface area contributed by atoms with Gasteiger partial charge in [-0.3, -0.25) is 0 Å². The van der Waals surface area contributed by atoms with E-state index in [4.69, 9.17) is 4.74 Å². The normalized spacial score (nSPS) is 27.1. The van der Waals surface area contributed by atoms with Crippen molar-refractivity contribution in [1.82, 2.24) is 4.90 Å². The minimum absolute atomic E-state index is 0.220. The van der Waals surface area contributed by atoms with Crippen molar-refractivity contribution in [2.24, 2.45) is 0 Å². The molecule has 1 atom stereocenters. The predicted octanol–water partition coefficient (Wildman–Crippen LogP) is 1.16. The summed E-state index contributed by atoms with van der Waals surface area (Å²) in [6.07, 6.45) is 2.71. The van der Waals surface area contributed by atoms with Crippen molar-refractivity contribution >= 4 is 6.09 Å². The summed E-state index contributed by atoms with van der Waals surface area (Å²) in [7, 11) is 0. The van der Waals surface area contributed by atoms with Crippen molar-refractivity contribution < 1.29 is 14.6 Å². The van der Waals surface area contributed by atoms with Gasteiger partial charge in [0.25, 0.3) is 0 Å². The van der Waals surface area contributed by atoms with Crippen LogP contribution in [0.3, 0.4) is 0 Å². The predicted molar refractivity (Wildman–Crippen MR) is 53.0 cm³/mol. The van der Waals surface area contributed by atoms with Crippen LogP contribution >= 0.6 is 0 Å². The number of piperidine rings is 1. The molecule has 1 N–H and O–H groups in total. The number of hydrogen-bond donors (Lipinski definition) is 1. The Kier molecular flexibility index (Phi) is 3.52. The molecule has 0 bridgehead atoms. The molecular weight excluding hydrogens is 182 g/mol. The number of aliphatic hydroxyl groups is 1. The summed E-state index contributed by atoms with van der Waals surface area (Å²) < 4.78 is 4.88. The number of rotatable bonds is 2. The van der Waals surface area contributed by atoms with E-state index in [0.717, 1.165) is 12.8 Å². The van der Waals surface area contributed by atoms with Crippen LogP contribution in [0.1, 0.15) is 19.8 Å². The number of nitrogens with zero attached hydrogens (tertiary/aromatic N) is 1. The van der Waals surface area contributed by atoms with Gasteiger partial charge in [0, 0.05) is 6.54 Å². The highest BCUT2D eigenvalue weighted by Gasteiger charge is 2.31. The summed E-state index contributed by atoms with van der Waals surface area (Å²) in [5.41, 5.74) is -0.772. The first-order valence-electron chi connectivity index (χ1n) is 4.80. The van der Waals surface area contributed by atoms with E-state index in [1.165, 1.54) is 11.0 Å². The zero-order valence-electron chi connectivity index (χ0n) is 8.53. The van der Waals surface area contributed by atoms with E-state index in [9.17, 15) is 9.90 Å². The molecule has 14 heavy (non-hydrogen) atoms. The molecule has 1 aliphatic rings. The second kappa shape index (κ2) is 4.46. The number of β-amino-alcohol motifs (C(OH)–C–C–N with tert-alkyl or cyclic N) is 1. The maximum atomic E-state index is 11.4. The SMILES string of the molecule is C=CCOC(=O)N1CCCC(C)(O)C1. The van der Waals surface area contributed by atoms with Crippen LogP contribution in [0.4, 0.5) is 4.79 Å². The van der Waals surface area contributed by atoms with E-state index in [2.05, 4.69) is 6.58 Å². The maximum Gasteiger partial charge on any atom is 0.410 e. The van der Waals surface area contributed by atoms with Gasteiger partial charge < -0.3 is 14.7 Å². The van der Waals surface area contributed by atoms with Crippen LogP contribution in [-0.4, -0.2) is 41.4 Å². The quantitative estimate of drug-likeness (QED) is 0.679. The summed E-state index contributed by atoms with van der Waals surface area (Å²) in [4.78, 5) is 12.9. The molecule has 1 aliphatic heterocycles.